The van der Waals surface area contributed by atoms with Crippen LogP contribution in [0.1, 0.15) is 21.3 Å². The molecule has 4 aromatic rings. The van der Waals surface area contributed by atoms with Crippen LogP contribution in [0.25, 0.3) is 10.2 Å². The average Bonchev–Trinajstić information content (AvgIpc) is 3.34. The highest BCUT2D eigenvalue weighted by Crippen LogP contribution is 2.22. The third-order valence-electron chi connectivity index (χ3n) is 4.28. The summed E-state index contributed by atoms with van der Waals surface area (Å²) in [5, 5.41) is 3.73. The van der Waals surface area contributed by atoms with Crippen molar-refractivity contribution >= 4 is 37.3 Å². The number of thiazole rings is 1. The van der Waals surface area contributed by atoms with Crippen molar-refractivity contribution < 1.29 is 17.6 Å². The maximum Gasteiger partial charge on any atom is 0.287 e. The summed E-state index contributed by atoms with van der Waals surface area (Å²) in [6.45, 7) is 0.414. The standard InChI is InChI=1S/C21H18N2O4S2/c24-21(22-13-12-20-23-17-8-4-5-9-19(17)28-20)18-11-10-15(27-18)14-29(25,26)16-6-2-1-3-7-16/h1-11H,12-14H2,(H,22,24). The molecule has 1 N–H and O–H groups in total. The van der Waals surface area contributed by atoms with E-state index in [1.165, 1.54) is 24.3 Å². The Bertz CT molecular complexity index is 1210. The maximum atomic E-state index is 12.4. The zero-order chi connectivity index (χ0) is 20.3. The van der Waals surface area contributed by atoms with Crippen LogP contribution in [0.15, 0.2) is 76.0 Å². The Hall–Kier alpha value is -2.97. The Morgan fingerprint density at radius 3 is 2.55 bits per heavy atom. The Morgan fingerprint density at radius 1 is 1.00 bits per heavy atom. The monoisotopic (exact) mass is 426 g/mol. The van der Waals surface area contributed by atoms with Crippen molar-refractivity contribution in [2.24, 2.45) is 0 Å². The van der Waals surface area contributed by atoms with Crippen LogP contribution in [0.2, 0.25) is 0 Å². The van der Waals surface area contributed by atoms with Gasteiger partial charge in [0, 0.05) is 13.0 Å². The topological polar surface area (TPSA) is 89.3 Å². The molecular formula is C21H18N2O4S2. The third kappa shape index (κ3) is 4.55. The summed E-state index contributed by atoms with van der Waals surface area (Å²) in [6.07, 6.45) is 0.612. The van der Waals surface area contributed by atoms with Crippen LogP contribution >= 0.6 is 11.3 Å². The van der Waals surface area contributed by atoms with Crippen LogP contribution in [0, 0.1) is 0 Å². The fourth-order valence-electron chi connectivity index (χ4n) is 2.87. The molecule has 8 heteroatoms. The molecule has 0 fully saturated rings. The number of rotatable bonds is 7. The highest BCUT2D eigenvalue weighted by atomic mass is 32.2. The van der Waals surface area contributed by atoms with Crippen molar-refractivity contribution in [3.8, 4) is 0 Å². The minimum atomic E-state index is -3.52. The molecule has 0 aliphatic heterocycles. The molecule has 1 amide bonds. The van der Waals surface area contributed by atoms with E-state index in [1.54, 1.807) is 29.5 Å². The summed E-state index contributed by atoms with van der Waals surface area (Å²) in [5.74, 6) is -0.358. The van der Waals surface area contributed by atoms with Gasteiger partial charge in [0.2, 0.25) is 0 Å². The van der Waals surface area contributed by atoms with E-state index >= 15 is 0 Å². The number of nitrogens with one attached hydrogen (secondary N) is 1. The number of nitrogens with zero attached hydrogens (tertiary/aromatic N) is 1. The van der Waals surface area contributed by atoms with Gasteiger partial charge >= 0.3 is 0 Å². The molecule has 2 heterocycles. The lowest BCUT2D eigenvalue weighted by atomic mass is 10.3. The number of sulfone groups is 1. The number of para-hydroxylation sites is 1. The molecule has 4 rings (SSSR count). The van der Waals surface area contributed by atoms with Gasteiger partial charge in [0.15, 0.2) is 15.6 Å². The largest absolute Gasteiger partial charge is 0.455 e. The van der Waals surface area contributed by atoms with Gasteiger partial charge < -0.3 is 9.73 Å². The van der Waals surface area contributed by atoms with Crippen molar-refractivity contribution in [1.82, 2.24) is 10.3 Å². The second-order valence-electron chi connectivity index (χ2n) is 6.42. The van der Waals surface area contributed by atoms with Crippen molar-refractivity contribution in [3.63, 3.8) is 0 Å². The summed E-state index contributed by atoms with van der Waals surface area (Å²) >= 11 is 1.60. The van der Waals surface area contributed by atoms with Crippen molar-refractivity contribution in [2.45, 2.75) is 17.1 Å². The van der Waals surface area contributed by atoms with E-state index in [4.69, 9.17) is 4.42 Å². The van der Waals surface area contributed by atoms with E-state index in [9.17, 15) is 13.2 Å². The Morgan fingerprint density at radius 2 is 1.76 bits per heavy atom. The molecule has 148 valence electrons. The van der Waals surface area contributed by atoms with E-state index < -0.39 is 9.84 Å². The molecule has 2 aromatic heterocycles. The van der Waals surface area contributed by atoms with Gasteiger partial charge in [0.1, 0.15) is 11.5 Å². The zero-order valence-electron chi connectivity index (χ0n) is 15.4. The summed E-state index contributed by atoms with van der Waals surface area (Å²) in [6, 6.07) is 19.1. The lowest BCUT2D eigenvalue weighted by Gasteiger charge is -2.03. The quantitative estimate of drug-likeness (QED) is 0.485. The third-order valence-corrected chi connectivity index (χ3v) is 7.03. The molecule has 2 aromatic carbocycles. The summed E-state index contributed by atoms with van der Waals surface area (Å²) in [5.41, 5.74) is 0.953. The lowest BCUT2D eigenvalue weighted by Crippen LogP contribution is -2.25. The molecule has 0 aliphatic rings. The number of carbonyl (C=O) groups is 1. The Balaban J connectivity index is 1.34. The molecule has 0 spiro atoms. The summed E-state index contributed by atoms with van der Waals surface area (Å²) in [7, 11) is -3.52. The van der Waals surface area contributed by atoms with Gasteiger partial charge in [0.25, 0.3) is 5.91 Å². The van der Waals surface area contributed by atoms with Crippen molar-refractivity contribution in [1.29, 1.82) is 0 Å². The number of amides is 1. The molecule has 0 atom stereocenters. The van der Waals surface area contributed by atoms with Gasteiger partial charge in [-0.2, -0.15) is 0 Å². The first kappa shape index (κ1) is 19.4. The van der Waals surface area contributed by atoms with Crippen LogP contribution in [-0.2, 0) is 22.0 Å². The van der Waals surface area contributed by atoms with Crippen molar-refractivity contribution in [3.05, 3.63) is 83.3 Å². The molecule has 0 aliphatic carbocycles. The first-order valence-corrected chi connectivity index (χ1v) is 11.5. The molecule has 0 bridgehead atoms. The number of hydrogen-bond donors (Lipinski definition) is 1. The fourth-order valence-corrected chi connectivity index (χ4v) is 5.11. The number of benzene rings is 2. The predicted molar refractivity (Wildman–Crippen MR) is 112 cm³/mol. The number of furan rings is 1. The highest BCUT2D eigenvalue weighted by Gasteiger charge is 2.19. The van der Waals surface area contributed by atoms with Gasteiger partial charge in [-0.25, -0.2) is 13.4 Å². The second-order valence-corrected chi connectivity index (χ2v) is 9.52. The average molecular weight is 427 g/mol. The smallest absolute Gasteiger partial charge is 0.287 e. The van der Waals surface area contributed by atoms with E-state index in [0.717, 1.165) is 15.2 Å². The van der Waals surface area contributed by atoms with Crippen LogP contribution < -0.4 is 5.32 Å². The van der Waals surface area contributed by atoms with Crippen LogP contribution in [0.4, 0.5) is 0 Å². The van der Waals surface area contributed by atoms with Crippen LogP contribution in [-0.4, -0.2) is 25.9 Å². The fraction of sp³-hybridized carbons (Fsp3) is 0.143. The molecular weight excluding hydrogens is 408 g/mol. The molecule has 0 saturated heterocycles. The number of aromatic nitrogens is 1. The summed E-state index contributed by atoms with van der Waals surface area (Å²) < 4.78 is 31.4. The van der Waals surface area contributed by atoms with E-state index in [2.05, 4.69) is 10.3 Å². The maximum absolute atomic E-state index is 12.4. The van der Waals surface area contributed by atoms with E-state index in [-0.39, 0.29) is 28.1 Å². The molecule has 0 unspecified atom stereocenters. The molecule has 6 nitrogen and oxygen atoms in total. The SMILES string of the molecule is O=C(NCCc1nc2ccccc2s1)c1ccc(CS(=O)(=O)c2ccccc2)o1. The number of carbonyl (C=O) groups excluding carboxylic acids is 1. The summed E-state index contributed by atoms with van der Waals surface area (Å²) in [4.78, 5) is 17.0. The Kier molecular flexibility index (Phi) is 5.46. The minimum absolute atomic E-state index is 0.0903. The molecule has 0 saturated carbocycles. The first-order valence-electron chi connectivity index (χ1n) is 9.00. The van der Waals surface area contributed by atoms with Crippen LogP contribution in [0.3, 0.4) is 0 Å². The number of fused-ring (bicyclic) bond motifs is 1. The number of hydrogen-bond acceptors (Lipinski definition) is 6. The second kappa shape index (κ2) is 8.18. The van der Waals surface area contributed by atoms with Gasteiger partial charge in [-0.15, -0.1) is 11.3 Å². The van der Waals surface area contributed by atoms with Gasteiger partial charge in [0.05, 0.1) is 20.1 Å². The molecule has 29 heavy (non-hydrogen) atoms. The lowest BCUT2D eigenvalue weighted by molar-refractivity contribution is 0.0925. The van der Waals surface area contributed by atoms with Gasteiger partial charge in [-0.05, 0) is 36.4 Å². The highest BCUT2D eigenvalue weighted by molar-refractivity contribution is 7.90. The van der Waals surface area contributed by atoms with E-state index in [0.29, 0.717) is 13.0 Å². The van der Waals surface area contributed by atoms with E-state index in [1.807, 2.05) is 24.3 Å². The predicted octanol–water partition coefficient (Wildman–Crippen LogP) is 3.84. The van der Waals surface area contributed by atoms with Gasteiger partial charge in [-0.3, -0.25) is 4.79 Å². The van der Waals surface area contributed by atoms with Gasteiger partial charge in [-0.1, -0.05) is 30.3 Å². The first-order chi connectivity index (χ1) is 14.0. The normalized spacial score (nSPS) is 11.6. The van der Waals surface area contributed by atoms with Crippen LogP contribution in [0.5, 0.6) is 0 Å². The minimum Gasteiger partial charge on any atom is -0.455 e. The van der Waals surface area contributed by atoms with Crippen molar-refractivity contribution in [2.75, 3.05) is 6.54 Å². The molecule has 0 radical (unpaired) electrons. The zero-order valence-corrected chi connectivity index (χ0v) is 17.0. The Labute approximate surface area is 172 Å².